The van der Waals surface area contributed by atoms with Crippen molar-refractivity contribution in [2.24, 2.45) is 0 Å². The Bertz CT molecular complexity index is 1140. The van der Waals surface area contributed by atoms with Crippen LogP contribution in [0.15, 0.2) is 45.2 Å². The summed E-state index contributed by atoms with van der Waals surface area (Å²) in [7, 11) is 0. The van der Waals surface area contributed by atoms with Crippen LogP contribution in [0.2, 0.25) is 0 Å². The van der Waals surface area contributed by atoms with Crippen LogP contribution in [-0.2, 0) is 0 Å². The summed E-state index contributed by atoms with van der Waals surface area (Å²) in [4.78, 5) is 19.7. The Labute approximate surface area is 151 Å². The van der Waals surface area contributed by atoms with Crippen molar-refractivity contribution in [3.63, 3.8) is 0 Å². The number of benzene rings is 1. The average molecular weight is 370 g/mol. The number of hydrogen-bond donors (Lipinski definition) is 1. The second kappa shape index (κ2) is 5.93. The van der Waals surface area contributed by atoms with Gasteiger partial charge in [-0.2, -0.15) is 0 Å². The molecule has 1 aromatic carbocycles. The molecule has 5 rings (SSSR count). The molecule has 3 aromatic heterocycles. The summed E-state index contributed by atoms with van der Waals surface area (Å²) < 4.78 is 22.0. The van der Waals surface area contributed by atoms with E-state index >= 15 is 0 Å². The van der Waals surface area contributed by atoms with E-state index in [1.54, 1.807) is 12.3 Å². The number of nitrogens with one attached hydrogen (secondary N) is 1. The van der Waals surface area contributed by atoms with Crippen molar-refractivity contribution in [3.05, 3.63) is 52.2 Å². The van der Waals surface area contributed by atoms with Crippen molar-refractivity contribution in [1.82, 2.24) is 14.7 Å². The van der Waals surface area contributed by atoms with Crippen LogP contribution >= 0.6 is 11.3 Å². The van der Waals surface area contributed by atoms with E-state index in [0.29, 0.717) is 5.69 Å². The van der Waals surface area contributed by atoms with Crippen LogP contribution in [0.1, 0.15) is 0 Å². The van der Waals surface area contributed by atoms with Gasteiger partial charge in [0.2, 0.25) is 0 Å². The summed E-state index contributed by atoms with van der Waals surface area (Å²) in [5.74, 6) is -0.401. The first kappa shape index (κ1) is 15.5. The first-order valence-electron chi connectivity index (χ1n) is 8.35. The molecule has 1 saturated heterocycles. The van der Waals surface area contributed by atoms with E-state index in [4.69, 9.17) is 4.42 Å². The highest BCUT2D eigenvalue weighted by molar-refractivity contribution is 7.15. The molecule has 0 atom stereocenters. The Morgan fingerprint density at radius 3 is 2.88 bits per heavy atom. The highest BCUT2D eigenvalue weighted by atomic mass is 32.1. The fraction of sp³-hybridized carbons (Fsp3) is 0.222. The Morgan fingerprint density at radius 2 is 2.08 bits per heavy atom. The lowest BCUT2D eigenvalue weighted by Crippen LogP contribution is -2.43. The van der Waals surface area contributed by atoms with Gasteiger partial charge in [-0.1, -0.05) is 0 Å². The van der Waals surface area contributed by atoms with Crippen molar-refractivity contribution in [2.45, 2.75) is 0 Å². The number of halogens is 1. The van der Waals surface area contributed by atoms with Gasteiger partial charge in [-0.3, -0.25) is 4.40 Å². The highest BCUT2D eigenvalue weighted by Crippen LogP contribution is 2.28. The van der Waals surface area contributed by atoms with Gasteiger partial charge in [-0.15, -0.1) is 11.3 Å². The van der Waals surface area contributed by atoms with Crippen LogP contribution in [-0.4, -0.2) is 35.6 Å². The lowest BCUT2D eigenvalue weighted by Gasteiger charge is -2.29. The van der Waals surface area contributed by atoms with Crippen LogP contribution in [0.4, 0.5) is 10.1 Å². The molecule has 4 heterocycles. The Kier molecular flexibility index (Phi) is 3.54. The molecule has 1 N–H and O–H groups in total. The molecule has 0 unspecified atom stereocenters. The average Bonchev–Trinajstić information content (AvgIpc) is 3.24. The van der Waals surface area contributed by atoms with E-state index in [-0.39, 0.29) is 16.5 Å². The lowest BCUT2D eigenvalue weighted by molar-refractivity contribution is 0.555. The summed E-state index contributed by atoms with van der Waals surface area (Å²) in [6.45, 7) is 3.28. The summed E-state index contributed by atoms with van der Waals surface area (Å²) in [5, 5.41) is 5.46. The molecule has 6 nitrogen and oxygen atoms in total. The SMILES string of the molecule is O=c1oc2cc(N3CCNCC3)cc(F)c2cc1-c1cn2ccsc2n1. The maximum Gasteiger partial charge on any atom is 0.345 e. The van der Waals surface area contributed by atoms with E-state index in [1.807, 2.05) is 16.0 Å². The van der Waals surface area contributed by atoms with Crippen molar-refractivity contribution < 1.29 is 8.81 Å². The molecule has 4 aromatic rings. The third kappa shape index (κ3) is 2.49. The van der Waals surface area contributed by atoms with Crippen molar-refractivity contribution in [2.75, 3.05) is 31.1 Å². The molecule has 132 valence electrons. The van der Waals surface area contributed by atoms with E-state index in [1.165, 1.54) is 23.5 Å². The zero-order valence-electron chi connectivity index (χ0n) is 13.7. The number of nitrogens with zero attached hydrogens (tertiary/aromatic N) is 3. The lowest BCUT2D eigenvalue weighted by atomic mass is 10.1. The van der Waals surface area contributed by atoms with Gasteiger partial charge in [0, 0.05) is 55.7 Å². The molecule has 8 heteroatoms. The molecule has 1 fully saturated rings. The number of hydrogen-bond acceptors (Lipinski definition) is 6. The Balaban J connectivity index is 1.63. The quantitative estimate of drug-likeness (QED) is 0.550. The maximum atomic E-state index is 14.7. The van der Waals surface area contributed by atoms with Crippen LogP contribution < -0.4 is 15.8 Å². The number of piperazine rings is 1. The number of thiazole rings is 1. The minimum Gasteiger partial charge on any atom is -0.422 e. The second-order valence-electron chi connectivity index (χ2n) is 6.24. The summed E-state index contributed by atoms with van der Waals surface area (Å²) in [5.41, 5.74) is 1.23. The van der Waals surface area contributed by atoms with Gasteiger partial charge in [0.05, 0.1) is 16.6 Å². The molecule has 0 amide bonds. The normalized spacial score (nSPS) is 15.2. The molecule has 0 bridgehead atoms. The van der Waals surface area contributed by atoms with Crippen LogP contribution in [0, 0.1) is 5.82 Å². The zero-order valence-corrected chi connectivity index (χ0v) is 14.6. The summed E-state index contributed by atoms with van der Waals surface area (Å²) >= 11 is 1.47. The number of imidazole rings is 1. The fourth-order valence-corrected chi connectivity index (χ4v) is 4.00. The second-order valence-corrected chi connectivity index (χ2v) is 7.12. The molecule has 26 heavy (non-hydrogen) atoms. The number of aromatic nitrogens is 2. The smallest absolute Gasteiger partial charge is 0.345 e. The number of anilines is 1. The van der Waals surface area contributed by atoms with Gasteiger partial charge >= 0.3 is 5.63 Å². The first-order chi connectivity index (χ1) is 12.7. The predicted molar refractivity (Wildman–Crippen MR) is 99.6 cm³/mol. The predicted octanol–water partition coefficient (Wildman–Crippen LogP) is 2.72. The molecule has 0 saturated carbocycles. The Hall–Kier alpha value is -2.71. The zero-order chi connectivity index (χ0) is 17.7. The first-order valence-corrected chi connectivity index (χ1v) is 9.23. The standard InChI is InChI=1S/C18H15FN4O2S/c19-14-7-11(22-3-1-20-2-4-22)8-16-12(14)9-13(17(24)25-16)15-10-23-5-6-26-18(23)21-15/h5-10,20H,1-4H2. The van der Waals surface area contributed by atoms with Gasteiger partial charge in [-0.25, -0.2) is 14.2 Å². The van der Waals surface area contributed by atoms with Gasteiger partial charge in [0.15, 0.2) is 4.96 Å². The van der Waals surface area contributed by atoms with Crippen LogP contribution in [0.5, 0.6) is 0 Å². The summed E-state index contributed by atoms with van der Waals surface area (Å²) in [6.07, 6.45) is 3.61. The number of rotatable bonds is 2. The van der Waals surface area contributed by atoms with Gasteiger partial charge in [0.25, 0.3) is 0 Å². The highest BCUT2D eigenvalue weighted by Gasteiger charge is 2.17. The van der Waals surface area contributed by atoms with E-state index in [2.05, 4.69) is 15.2 Å². The van der Waals surface area contributed by atoms with Crippen LogP contribution in [0.25, 0.3) is 27.2 Å². The van der Waals surface area contributed by atoms with Gasteiger partial charge in [0.1, 0.15) is 11.4 Å². The third-order valence-electron chi connectivity index (χ3n) is 4.64. The topological polar surface area (TPSA) is 62.8 Å². The molecular formula is C18H15FN4O2S. The van der Waals surface area contributed by atoms with E-state index in [9.17, 15) is 9.18 Å². The molecule has 0 radical (unpaired) electrons. The van der Waals surface area contributed by atoms with Gasteiger partial charge < -0.3 is 14.6 Å². The van der Waals surface area contributed by atoms with Crippen LogP contribution in [0.3, 0.4) is 0 Å². The van der Waals surface area contributed by atoms with Crippen molar-refractivity contribution >= 4 is 33.0 Å². The summed E-state index contributed by atoms with van der Waals surface area (Å²) in [6, 6.07) is 4.77. The minimum absolute atomic E-state index is 0.258. The molecule has 0 aliphatic carbocycles. The monoisotopic (exact) mass is 370 g/mol. The molecule has 1 aliphatic heterocycles. The van der Waals surface area contributed by atoms with Gasteiger partial charge in [-0.05, 0) is 12.1 Å². The fourth-order valence-electron chi connectivity index (χ4n) is 3.30. The molecule has 0 spiro atoms. The maximum absolute atomic E-state index is 14.7. The molecular weight excluding hydrogens is 355 g/mol. The van der Waals surface area contributed by atoms with E-state index < -0.39 is 11.4 Å². The number of fused-ring (bicyclic) bond motifs is 2. The van der Waals surface area contributed by atoms with Crippen molar-refractivity contribution in [3.8, 4) is 11.3 Å². The van der Waals surface area contributed by atoms with E-state index in [0.717, 1.165) is 36.8 Å². The molecule has 1 aliphatic rings. The Morgan fingerprint density at radius 1 is 1.23 bits per heavy atom. The third-order valence-corrected chi connectivity index (χ3v) is 5.41. The minimum atomic E-state index is -0.514. The largest absolute Gasteiger partial charge is 0.422 e. The van der Waals surface area contributed by atoms with Crippen molar-refractivity contribution in [1.29, 1.82) is 0 Å².